The summed E-state index contributed by atoms with van der Waals surface area (Å²) in [6.07, 6.45) is 1.14. The van der Waals surface area contributed by atoms with E-state index < -0.39 is 22.0 Å². The van der Waals surface area contributed by atoms with Crippen LogP contribution < -0.4 is 15.4 Å². The molecule has 0 saturated carbocycles. The maximum Gasteiger partial charge on any atom is 0.262 e. The number of nitrogens with one attached hydrogen (secondary N) is 3. The molecule has 1 heterocycles. The van der Waals surface area contributed by atoms with Crippen LogP contribution in [0.3, 0.4) is 0 Å². The van der Waals surface area contributed by atoms with Crippen molar-refractivity contribution in [3.8, 4) is 0 Å². The van der Waals surface area contributed by atoms with Gasteiger partial charge in [-0.05, 0) is 86.3 Å². The highest BCUT2D eigenvalue weighted by atomic mass is 32.2. The topological polar surface area (TPSA) is 114 Å². The molecular formula is C26H27N3O5S. The number of ether oxygens (including phenoxy) is 1. The van der Waals surface area contributed by atoms with E-state index in [4.69, 9.17) is 4.74 Å². The Kier molecular flexibility index (Phi) is 7.18. The number of rotatable bonds is 7. The van der Waals surface area contributed by atoms with E-state index in [1.807, 2.05) is 13.0 Å². The second kappa shape index (κ2) is 10.3. The van der Waals surface area contributed by atoms with Crippen molar-refractivity contribution in [2.45, 2.75) is 37.7 Å². The molecule has 3 N–H and O–H groups in total. The quantitative estimate of drug-likeness (QED) is 0.449. The maximum atomic E-state index is 13.0. The summed E-state index contributed by atoms with van der Waals surface area (Å²) in [7, 11) is -3.89. The zero-order valence-electron chi connectivity index (χ0n) is 19.5. The fourth-order valence-corrected chi connectivity index (χ4v) is 5.12. The smallest absolute Gasteiger partial charge is 0.262 e. The summed E-state index contributed by atoms with van der Waals surface area (Å²) in [5.41, 5.74) is 3.20. The summed E-state index contributed by atoms with van der Waals surface area (Å²) in [4.78, 5) is 25.0. The van der Waals surface area contributed by atoms with Gasteiger partial charge >= 0.3 is 0 Å². The fraction of sp³-hybridized carbons (Fsp3) is 0.231. The van der Waals surface area contributed by atoms with Crippen molar-refractivity contribution < 1.29 is 22.7 Å². The molecule has 9 heteroatoms. The number of aryl methyl sites for hydroxylation is 2. The van der Waals surface area contributed by atoms with Gasteiger partial charge in [0, 0.05) is 29.2 Å². The van der Waals surface area contributed by atoms with Crippen molar-refractivity contribution in [3.05, 3.63) is 83.4 Å². The molecule has 0 aromatic heterocycles. The Bertz CT molecular complexity index is 1350. The van der Waals surface area contributed by atoms with Crippen LogP contribution in [0.15, 0.2) is 71.6 Å². The maximum absolute atomic E-state index is 13.0. The predicted octanol–water partition coefficient (Wildman–Crippen LogP) is 4.47. The van der Waals surface area contributed by atoms with Gasteiger partial charge in [-0.1, -0.05) is 18.2 Å². The highest BCUT2D eigenvalue weighted by Crippen LogP contribution is 2.23. The van der Waals surface area contributed by atoms with Gasteiger partial charge in [0.2, 0.25) is 0 Å². The van der Waals surface area contributed by atoms with E-state index in [9.17, 15) is 18.0 Å². The third-order valence-corrected chi connectivity index (χ3v) is 7.17. The lowest BCUT2D eigenvalue weighted by Crippen LogP contribution is -2.26. The van der Waals surface area contributed by atoms with E-state index in [1.54, 1.807) is 61.5 Å². The van der Waals surface area contributed by atoms with Crippen LogP contribution in [-0.2, 0) is 19.6 Å². The minimum atomic E-state index is -3.89. The lowest BCUT2D eigenvalue weighted by atomic mass is 10.1. The van der Waals surface area contributed by atoms with Gasteiger partial charge in [0.25, 0.3) is 21.8 Å². The van der Waals surface area contributed by atoms with Crippen molar-refractivity contribution in [1.29, 1.82) is 0 Å². The Morgan fingerprint density at radius 3 is 2.26 bits per heavy atom. The molecule has 1 saturated heterocycles. The zero-order valence-corrected chi connectivity index (χ0v) is 20.3. The number of hydrogen-bond donors (Lipinski definition) is 3. The van der Waals surface area contributed by atoms with Crippen molar-refractivity contribution >= 4 is 38.9 Å². The van der Waals surface area contributed by atoms with E-state index in [-0.39, 0.29) is 16.4 Å². The Morgan fingerprint density at radius 2 is 1.60 bits per heavy atom. The minimum Gasteiger partial charge on any atom is -0.368 e. The highest BCUT2D eigenvalue weighted by Gasteiger charge is 2.23. The number of anilines is 3. The van der Waals surface area contributed by atoms with Gasteiger partial charge in [-0.2, -0.15) is 0 Å². The second-order valence-electron chi connectivity index (χ2n) is 8.48. The van der Waals surface area contributed by atoms with Crippen molar-refractivity contribution in [3.63, 3.8) is 0 Å². The molecule has 2 amide bonds. The van der Waals surface area contributed by atoms with E-state index in [2.05, 4.69) is 15.4 Å². The third-order valence-electron chi connectivity index (χ3n) is 5.64. The van der Waals surface area contributed by atoms with Crippen LogP contribution in [0.2, 0.25) is 0 Å². The SMILES string of the molecule is Cc1cccc(NS(=O)(=O)c2cc(C(=O)Nc3ccc(NC(=O)C4CCCO4)cc3)ccc2C)c1. The van der Waals surface area contributed by atoms with Gasteiger partial charge in [0.05, 0.1) is 4.90 Å². The van der Waals surface area contributed by atoms with E-state index in [0.717, 1.165) is 12.0 Å². The van der Waals surface area contributed by atoms with Crippen molar-refractivity contribution in [1.82, 2.24) is 0 Å². The van der Waals surface area contributed by atoms with E-state index in [0.29, 0.717) is 35.7 Å². The van der Waals surface area contributed by atoms with Crippen LogP contribution in [-0.4, -0.2) is 32.9 Å². The molecule has 0 bridgehead atoms. The Morgan fingerprint density at radius 1 is 0.886 bits per heavy atom. The largest absolute Gasteiger partial charge is 0.368 e. The normalized spacial score (nSPS) is 15.4. The standard InChI is InChI=1S/C26H27N3O5S/c1-17-5-3-6-22(15-17)29-35(32,33)24-16-19(9-8-18(24)2)25(30)27-20-10-12-21(13-11-20)28-26(31)23-7-4-14-34-23/h3,5-6,8-13,15-16,23,29H,4,7,14H2,1-2H3,(H,27,30)(H,28,31). The molecule has 8 nitrogen and oxygen atoms in total. The molecule has 35 heavy (non-hydrogen) atoms. The molecule has 0 aliphatic carbocycles. The molecule has 3 aromatic rings. The summed E-state index contributed by atoms with van der Waals surface area (Å²) in [5.74, 6) is -0.639. The summed E-state index contributed by atoms with van der Waals surface area (Å²) < 4.78 is 34.0. The minimum absolute atomic E-state index is 0.0267. The molecule has 1 atom stereocenters. The Labute approximate surface area is 204 Å². The first-order valence-electron chi connectivity index (χ1n) is 11.3. The molecule has 3 aromatic carbocycles. The van der Waals surface area contributed by atoms with E-state index in [1.165, 1.54) is 6.07 Å². The third kappa shape index (κ3) is 6.06. The average molecular weight is 494 g/mol. The van der Waals surface area contributed by atoms with Crippen LogP contribution in [0, 0.1) is 13.8 Å². The number of benzene rings is 3. The monoisotopic (exact) mass is 493 g/mol. The average Bonchev–Trinajstić information content (AvgIpc) is 3.35. The molecule has 1 fully saturated rings. The lowest BCUT2D eigenvalue weighted by Gasteiger charge is -2.13. The Hall–Kier alpha value is -3.69. The summed E-state index contributed by atoms with van der Waals surface area (Å²) in [6.45, 7) is 4.14. The summed E-state index contributed by atoms with van der Waals surface area (Å²) in [6, 6.07) is 18.3. The molecule has 1 aliphatic rings. The van der Waals surface area contributed by atoms with Gasteiger partial charge in [-0.25, -0.2) is 8.42 Å². The number of sulfonamides is 1. The predicted molar refractivity (Wildman–Crippen MR) is 135 cm³/mol. The molecular weight excluding hydrogens is 466 g/mol. The molecule has 1 aliphatic heterocycles. The van der Waals surface area contributed by atoms with Crippen LogP contribution in [0.5, 0.6) is 0 Å². The van der Waals surface area contributed by atoms with Gasteiger partial charge in [0.15, 0.2) is 0 Å². The van der Waals surface area contributed by atoms with E-state index >= 15 is 0 Å². The summed E-state index contributed by atoms with van der Waals surface area (Å²) in [5, 5.41) is 5.56. The van der Waals surface area contributed by atoms with Gasteiger partial charge in [-0.3, -0.25) is 14.3 Å². The first-order chi connectivity index (χ1) is 16.7. The first kappa shape index (κ1) is 24.4. The number of hydrogen-bond acceptors (Lipinski definition) is 5. The molecule has 182 valence electrons. The van der Waals surface area contributed by atoms with Crippen molar-refractivity contribution in [2.24, 2.45) is 0 Å². The summed E-state index contributed by atoms with van der Waals surface area (Å²) >= 11 is 0. The first-order valence-corrected chi connectivity index (χ1v) is 12.7. The second-order valence-corrected chi connectivity index (χ2v) is 10.1. The lowest BCUT2D eigenvalue weighted by molar-refractivity contribution is -0.124. The zero-order chi connectivity index (χ0) is 25.0. The van der Waals surface area contributed by atoms with Crippen LogP contribution in [0.1, 0.15) is 34.3 Å². The van der Waals surface area contributed by atoms with Gasteiger partial charge < -0.3 is 15.4 Å². The highest BCUT2D eigenvalue weighted by molar-refractivity contribution is 7.92. The van der Waals surface area contributed by atoms with Gasteiger partial charge in [0.1, 0.15) is 6.10 Å². The molecule has 0 spiro atoms. The number of carbonyl (C=O) groups excluding carboxylic acids is 2. The van der Waals surface area contributed by atoms with Crippen molar-refractivity contribution in [2.75, 3.05) is 22.0 Å². The molecule has 0 radical (unpaired) electrons. The molecule has 1 unspecified atom stereocenters. The van der Waals surface area contributed by atoms with Gasteiger partial charge in [-0.15, -0.1) is 0 Å². The molecule has 4 rings (SSSR count). The number of carbonyl (C=O) groups is 2. The van der Waals surface area contributed by atoms with Crippen LogP contribution in [0.25, 0.3) is 0 Å². The van der Waals surface area contributed by atoms with Crippen LogP contribution >= 0.6 is 0 Å². The Balaban J connectivity index is 1.45. The fourth-order valence-electron chi connectivity index (χ4n) is 3.80. The van der Waals surface area contributed by atoms with Crippen LogP contribution in [0.4, 0.5) is 17.1 Å². The number of amides is 2.